The van der Waals surface area contributed by atoms with E-state index in [0.29, 0.717) is 23.7 Å². The van der Waals surface area contributed by atoms with Gasteiger partial charge in [-0.1, -0.05) is 18.2 Å². The quantitative estimate of drug-likeness (QED) is 0.493. The molecular formula is C12H13ClINO2. The molecule has 0 fully saturated rings. The maximum absolute atomic E-state index is 11.3. The molecule has 0 aromatic heterocycles. The molecule has 0 saturated carbocycles. The van der Waals surface area contributed by atoms with Gasteiger partial charge in [0.2, 0.25) is 0 Å². The SMILES string of the molecule is C=C(CNc1ccc(Cl)cc1I)C(=O)OCC. The lowest BCUT2D eigenvalue weighted by molar-refractivity contribution is -0.138. The van der Waals surface area contributed by atoms with Crippen molar-refractivity contribution in [2.24, 2.45) is 0 Å². The standard InChI is InChI=1S/C12H13ClINO2/c1-3-17-12(16)8(2)7-15-11-5-4-9(13)6-10(11)14/h4-6,15H,2-3,7H2,1H3. The Kier molecular flexibility index (Phi) is 5.77. The van der Waals surface area contributed by atoms with Gasteiger partial charge in [-0.15, -0.1) is 0 Å². The maximum atomic E-state index is 11.3. The minimum atomic E-state index is -0.371. The Balaban J connectivity index is 2.56. The first-order chi connectivity index (χ1) is 8.04. The zero-order valence-electron chi connectivity index (χ0n) is 9.43. The molecule has 0 bridgehead atoms. The third-order valence-corrected chi connectivity index (χ3v) is 3.12. The molecule has 1 aromatic rings. The van der Waals surface area contributed by atoms with Gasteiger partial charge < -0.3 is 10.1 Å². The molecule has 0 atom stereocenters. The third-order valence-electron chi connectivity index (χ3n) is 1.99. The average Bonchev–Trinajstić information content (AvgIpc) is 2.27. The van der Waals surface area contributed by atoms with E-state index in [4.69, 9.17) is 16.3 Å². The molecule has 0 spiro atoms. The molecule has 0 aliphatic carbocycles. The number of esters is 1. The number of rotatable bonds is 5. The summed E-state index contributed by atoms with van der Waals surface area (Å²) in [5.74, 6) is -0.371. The molecule has 92 valence electrons. The third kappa shape index (κ3) is 4.55. The predicted octanol–water partition coefficient (Wildman–Crippen LogP) is 3.48. The van der Waals surface area contributed by atoms with Crippen LogP contribution in [-0.4, -0.2) is 19.1 Å². The summed E-state index contributed by atoms with van der Waals surface area (Å²) >= 11 is 8.02. The van der Waals surface area contributed by atoms with Gasteiger partial charge in [-0.05, 0) is 47.7 Å². The van der Waals surface area contributed by atoms with E-state index in [0.717, 1.165) is 9.26 Å². The lowest BCUT2D eigenvalue weighted by atomic mass is 10.2. The van der Waals surface area contributed by atoms with Crippen molar-refractivity contribution >= 4 is 45.8 Å². The van der Waals surface area contributed by atoms with Gasteiger partial charge in [0.25, 0.3) is 0 Å². The Bertz CT molecular complexity index is 435. The van der Waals surface area contributed by atoms with Crippen molar-refractivity contribution in [2.45, 2.75) is 6.92 Å². The molecular weight excluding hydrogens is 352 g/mol. The molecule has 0 amide bonds. The van der Waals surface area contributed by atoms with Crippen LogP contribution in [0.15, 0.2) is 30.4 Å². The number of hydrogen-bond acceptors (Lipinski definition) is 3. The zero-order chi connectivity index (χ0) is 12.8. The van der Waals surface area contributed by atoms with Gasteiger partial charge in [0.1, 0.15) is 0 Å². The van der Waals surface area contributed by atoms with Crippen LogP contribution in [0, 0.1) is 3.57 Å². The first-order valence-electron chi connectivity index (χ1n) is 5.08. The van der Waals surface area contributed by atoms with Gasteiger partial charge in [-0.25, -0.2) is 4.79 Å². The van der Waals surface area contributed by atoms with Crippen molar-refractivity contribution in [3.05, 3.63) is 38.9 Å². The van der Waals surface area contributed by atoms with Gasteiger partial charge in [-0.3, -0.25) is 0 Å². The second-order valence-corrected chi connectivity index (χ2v) is 4.90. The van der Waals surface area contributed by atoms with Crippen LogP contribution in [0.5, 0.6) is 0 Å². The van der Waals surface area contributed by atoms with E-state index in [1.54, 1.807) is 13.0 Å². The van der Waals surface area contributed by atoms with Gasteiger partial charge in [0.05, 0.1) is 6.61 Å². The average molecular weight is 366 g/mol. The van der Waals surface area contributed by atoms with Crippen LogP contribution in [0.3, 0.4) is 0 Å². The number of anilines is 1. The maximum Gasteiger partial charge on any atom is 0.335 e. The van der Waals surface area contributed by atoms with E-state index < -0.39 is 0 Å². The minimum absolute atomic E-state index is 0.357. The zero-order valence-corrected chi connectivity index (χ0v) is 12.3. The molecule has 0 aliphatic rings. The van der Waals surface area contributed by atoms with Crippen molar-refractivity contribution in [1.29, 1.82) is 0 Å². The minimum Gasteiger partial charge on any atom is -0.463 e. The summed E-state index contributed by atoms with van der Waals surface area (Å²) in [5.41, 5.74) is 1.32. The smallest absolute Gasteiger partial charge is 0.335 e. The monoisotopic (exact) mass is 365 g/mol. The molecule has 0 radical (unpaired) electrons. The number of benzene rings is 1. The molecule has 1 rings (SSSR count). The fourth-order valence-electron chi connectivity index (χ4n) is 1.14. The van der Waals surface area contributed by atoms with Crippen LogP contribution < -0.4 is 5.32 Å². The summed E-state index contributed by atoms with van der Waals surface area (Å²) in [6.45, 7) is 6.15. The van der Waals surface area contributed by atoms with E-state index in [2.05, 4.69) is 34.5 Å². The van der Waals surface area contributed by atoms with E-state index in [9.17, 15) is 4.79 Å². The molecule has 1 N–H and O–H groups in total. The van der Waals surface area contributed by atoms with Crippen LogP contribution >= 0.6 is 34.2 Å². The molecule has 1 aromatic carbocycles. The molecule has 17 heavy (non-hydrogen) atoms. The Morgan fingerprint density at radius 1 is 1.59 bits per heavy atom. The highest BCUT2D eigenvalue weighted by Crippen LogP contribution is 2.22. The Morgan fingerprint density at radius 2 is 2.29 bits per heavy atom. The summed E-state index contributed by atoms with van der Waals surface area (Å²) in [7, 11) is 0. The normalized spacial score (nSPS) is 9.82. The lowest BCUT2D eigenvalue weighted by Gasteiger charge is -2.10. The summed E-state index contributed by atoms with van der Waals surface area (Å²) in [4.78, 5) is 11.3. The van der Waals surface area contributed by atoms with Crippen LogP contribution in [0.25, 0.3) is 0 Å². The van der Waals surface area contributed by atoms with E-state index in [1.165, 1.54) is 0 Å². The molecule has 0 heterocycles. The first-order valence-corrected chi connectivity index (χ1v) is 6.54. The topological polar surface area (TPSA) is 38.3 Å². The molecule has 0 unspecified atom stereocenters. The van der Waals surface area contributed by atoms with Gasteiger partial charge in [-0.2, -0.15) is 0 Å². The lowest BCUT2D eigenvalue weighted by Crippen LogP contribution is -2.15. The second-order valence-electron chi connectivity index (χ2n) is 3.30. The van der Waals surface area contributed by atoms with Crippen LogP contribution in [0.1, 0.15) is 6.92 Å². The van der Waals surface area contributed by atoms with Crippen LogP contribution in [0.4, 0.5) is 5.69 Å². The molecule has 0 aliphatic heterocycles. The van der Waals surface area contributed by atoms with Crippen molar-refractivity contribution in [3.8, 4) is 0 Å². The van der Waals surface area contributed by atoms with Crippen molar-refractivity contribution < 1.29 is 9.53 Å². The van der Waals surface area contributed by atoms with Crippen LogP contribution in [-0.2, 0) is 9.53 Å². The highest BCUT2D eigenvalue weighted by atomic mass is 127. The number of nitrogens with one attached hydrogen (secondary N) is 1. The number of ether oxygens (including phenoxy) is 1. The van der Waals surface area contributed by atoms with Gasteiger partial charge >= 0.3 is 5.97 Å². The highest BCUT2D eigenvalue weighted by Gasteiger charge is 2.08. The molecule has 5 heteroatoms. The van der Waals surface area contributed by atoms with E-state index in [1.807, 2.05) is 12.1 Å². The fourth-order valence-corrected chi connectivity index (χ4v) is 2.20. The van der Waals surface area contributed by atoms with Gasteiger partial charge in [0.15, 0.2) is 0 Å². The van der Waals surface area contributed by atoms with Crippen molar-refractivity contribution in [1.82, 2.24) is 0 Å². The summed E-state index contributed by atoms with van der Waals surface area (Å²) in [5, 5.41) is 3.80. The highest BCUT2D eigenvalue weighted by molar-refractivity contribution is 14.1. The summed E-state index contributed by atoms with van der Waals surface area (Å²) in [6.07, 6.45) is 0. The Labute approximate surface area is 119 Å². The summed E-state index contributed by atoms with van der Waals surface area (Å²) in [6, 6.07) is 5.50. The second kappa shape index (κ2) is 6.86. The number of carbonyl (C=O) groups excluding carboxylic acids is 1. The number of hydrogen-bond donors (Lipinski definition) is 1. The van der Waals surface area contributed by atoms with Crippen molar-refractivity contribution in [2.75, 3.05) is 18.5 Å². The Hall–Kier alpha value is -0.750. The number of carbonyl (C=O) groups is 1. The first kappa shape index (κ1) is 14.3. The van der Waals surface area contributed by atoms with E-state index >= 15 is 0 Å². The Morgan fingerprint density at radius 3 is 2.88 bits per heavy atom. The van der Waals surface area contributed by atoms with Crippen molar-refractivity contribution in [3.63, 3.8) is 0 Å². The predicted molar refractivity (Wildman–Crippen MR) is 78.4 cm³/mol. The fraction of sp³-hybridized carbons (Fsp3) is 0.250. The van der Waals surface area contributed by atoms with Crippen LogP contribution in [0.2, 0.25) is 5.02 Å². The molecule has 3 nitrogen and oxygen atoms in total. The number of halogens is 2. The van der Waals surface area contributed by atoms with E-state index in [-0.39, 0.29) is 5.97 Å². The molecule has 0 saturated heterocycles. The van der Waals surface area contributed by atoms with Gasteiger partial charge in [0, 0.05) is 26.4 Å². The largest absolute Gasteiger partial charge is 0.463 e. The summed E-state index contributed by atoms with van der Waals surface area (Å²) < 4.78 is 5.83.